The number of carbonyl (C=O) groups excluding carboxylic acids is 1. The zero-order chi connectivity index (χ0) is 21.1. The van der Waals surface area contributed by atoms with Gasteiger partial charge in [0.15, 0.2) is 0 Å². The number of unbranched alkanes of at least 4 members (excludes halogenated alkanes) is 4. The van der Waals surface area contributed by atoms with Crippen molar-refractivity contribution >= 4 is 24.4 Å². The molecular formula is C23H40ClO3P. The SMILES string of the molecule is CCCCP(CCCC)(CCCC)(CCCC)OC(=O)c1ccc(Cl)cc1O. The van der Waals surface area contributed by atoms with Crippen LogP contribution in [0.5, 0.6) is 5.75 Å². The Morgan fingerprint density at radius 2 is 1.32 bits per heavy atom. The van der Waals surface area contributed by atoms with Gasteiger partial charge in [-0.3, -0.25) is 0 Å². The van der Waals surface area contributed by atoms with Crippen LogP contribution >= 0.6 is 18.4 Å². The Hall–Kier alpha value is -0.790. The van der Waals surface area contributed by atoms with Crippen molar-refractivity contribution < 1.29 is 14.4 Å². The topological polar surface area (TPSA) is 46.5 Å². The Kier molecular flexibility index (Phi) is 10.8. The van der Waals surface area contributed by atoms with E-state index in [1.54, 1.807) is 12.1 Å². The average Bonchev–Trinajstić information content (AvgIpc) is 2.68. The predicted molar refractivity (Wildman–Crippen MR) is 125 cm³/mol. The van der Waals surface area contributed by atoms with Gasteiger partial charge in [0, 0.05) is 0 Å². The minimum absolute atomic E-state index is 0.0916. The van der Waals surface area contributed by atoms with Gasteiger partial charge < -0.3 is 0 Å². The Labute approximate surface area is 177 Å². The Morgan fingerprint density at radius 3 is 1.68 bits per heavy atom. The molecule has 0 aliphatic carbocycles. The zero-order valence-corrected chi connectivity index (χ0v) is 20.0. The monoisotopic (exact) mass is 430 g/mol. The maximum absolute atomic E-state index is 13.3. The number of carbonyl (C=O) groups is 1. The third-order valence-electron chi connectivity index (χ3n) is 5.83. The summed E-state index contributed by atoms with van der Waals surface area (Å²) in [4.78, 5) is 13.3. The van der Waals surface area contributed by atoms with Crippen LogP contribution in [0.2, 0.25) is 5.02 Å². The molecule has 0 fully saturated rings. The molecule has 0 saturated carbocycles. The van der Waals surface area contributed by atoms with Gasteiger partial charge in [0.2, 0.25) is 0 Å². The molecule has 1 aromatic carbocycles. The first kappa shape index (κ1) is 25.2. The van der Waals surface area contributed by atoms with E-state index in [0.717, 1.165) is 76.0 Å². The summed E-state index contributed by atoms with van der Waals surface area (Å²) in [5, 5.41) is 10.7. The van der Waals surface area contributed by atoms with Crippen LogP contribution < -0.4 is 0 Å². The number of benzene rings is 1. The fourth-order valence-corrected chi connectivity index (χ4v) is 11.0. The molecule has 1 N–H and O–H groups in total. The van der Waals surface area contributed by atoms with Gasteiger partial charge in [-0.1, -0.05) is 0 Å². The van der Waals surface area contributed by atoms with E-state index in [2.05, 4.69) is 27.7 Å². The molecule has 28 heavy (non-hydrogen) atoms. The van der Waals surface area contributed by atoms with E-state index >= 15 is 0 Å². The molecule has 1 rings (SSSR count). The molecule has 0 amide bonds. The summed E-state index contributed by atoms with van der Waals surface area (Å²) < 4.78 is 6.63. The second kappa shape index (κ2) is 12.0. The molecule has 1 aromatic rings. The van der Waals surface area contributed by atoms with Gasteiger partial charge in [-0.15, -0.1) is 0 Å². The molecule has 0 aliphatic rings. The number of rotatable bonds is 14. The number of hydrogen-bond acceptors (Lipinski definition) is 3. The van der Waals surface area contributed by atoms with Gasteiger partial charge >= 0.3 is 177 Å². The fourth-order valence-electron chi connectivity index (χ4n) is 4.05. The van der Waals surface area contributed by atoms with Crippen LogP contribution in [0.3, 0.4) is 0 Å². The van der Waals surface area contributed by atoms with Gasteiger partial charge in [0.05, 0.1) is 0 Å². The van der Waals surface area contributed by atoms with Gasteiger partial charge in [-0.2, -0.15) is 0 Å². The van der Waals surface area contributed by atoms with E-state index in [0.29, 0.717) is 5.02 Å². The molecule has 0 aromatic heterocycles. The molecule has 0 radical (unpaired) electrons. The fraction of sp³-hybridized carbons (Fsp3) is 0.696. The molecule has 0 unspecified atom stereocenters. The average molecular weight is 431 g/mol. The molecule has 3 nitrogen and oxygen atoms in total. The van der Waals surface area contributed by atoms with Crippen LogP contribution in [0.4, 0.5) is 0 Å². The summed E-state index contributed by atoms with van der Waals surface area (Å²) in [6.07, 6.45) is 12.8. The van der Waals surface area contributed by atoms with Crippen molar-refractivity contribution in [2.45, 2.75) is 79.1 Å². The normalized spacial score (nSPS) is 13.1. The quantitative estimate of drug-likeness (QED) is 0.305. The van der Waals surface area contributed by atoms with E-state index in [1.807, 2.05) is 0 Å². The van der Waals surface area contributed by atoms with Crippen LogP contribution in [0, 0.1) is 0 Å². The van der Waals surface area contributed by atoms with Crippen LogP contribution in [0.1, 0.15) is 89.4 Å². The number of hydrogen-bond donors (Lipinski definition) is 1. The van der Waals surface area contributed by atoms with Gasteiger partial charge in [-0.25, -0.2) is 0 Å². The maximum atomic E-state index is 13.3. The van der Waals surface area contributed by atoms with Gasteiger partial charge in [-0.05, 0) is 0 Å². The summed E-state index contributed by atoms with van der Waals surface area (Å²) in [7, 11) is 0. The summed E-state index contributed by atoms with van der Waals surface area (Å²) in [6.45, 7) is 6.12. The van der Waals surface area contributed by atoms with Crippen molar-refractivity contribution in [1.82, 2.24) is 0 Å². The Morgan fingerprint density at radius 1 is 0.893 bits per heavy atom. The second-order valence-corrected chi connectivity index (χ2v) is 14.3. The van der Waals surface area contributed by atoms with Crippen LogP contribution in [-0.4, -0.2) is 35.7 Å². The molecule has 0 aliphatic heterocycles. The Bertz CT molecular complexity index is 574. The van der Waals surface area contributed by atoms with E-state index in [1.165, 1.54) is 6.07 Å². The number of phenolic OH excluding ortho intramolecular Hbond substituents is 1. The number of aromatic hydroxyl groups is 1. The van der Waals surface area contributed by atoms with Crippen molar-refractivity contribution in [2.75, 3.05) is 24.6 Å². The van der Waals surface area contributed by atoms with Gasteiger partial charge in [0.25, 0.3) is 0 Å². The number of phenols is 1. The molecule has 0 spiro atoms. The summed E-state index contributed by atoms with van der Waals surface area (Å²) in [5.74, 6) is -0.461. The van der Waals surface area contributed by atoms with Crippen LogP contribution in [0.15, 0.2) is 18.2 Å². The minimum atomic E-state index is -2.70. The third kappa shape index (κ3) is 6.92. The van der Waals surface area contributed by atoms with E-state index in [9.17, 15) is 9.90 Å². The van der Waals surface area contributed by atoms with Crippen LogP contribution in [0.25, 0.3) is 0 Å². The molecule has 0 heterocycles. The Balaban J connectivity index is 3.38. The molecule has 0 bridgehead atoms. The molecular weight excluding hydrogens is 391 g/mol. The third-order valence-corrected chi connectivity index (χ3v) is 12.5. The molecule has 0 saturated heterocycles. The van der Waals surface area contributed by atoms with Crippen molar-refractivity contribution in [3.8, 4) is 5.75 Å². The zero-order valence-electron chi connectivity index (χ0n) is 18.3. The van der Waals surface area contributed by atoms with E-state index in [4.69, 9.17) is 16.1 Å². The van der Waals surface area contributed by atoms with E-state index in [-0.39, 0.29) is 17.3 Å². The molecule has 5 heteroatoms. The second-order valence-electron chi connectivity index (χ2n) is 8.21. The van der Waals surface area contributed by atoms with Crippen molar-refractivity contribution in [2.24, 2.45) is 0 Å². The predicted octanol–water partition coefficient (Wildman–Crippen LogP) is 7.87. The summed E-state index contributed by atoms with van der Waals surface area (Å²) in [5.41, 5.74) is 0.236. The van der Waals surface area contributed by atoms with Crippen molar-refractivity contribution in [1.29, 1.82) is 0 Å². The summed E-state index contributed by atoms with van der Waals surface area (Å²) >= 11 is 5.95. The molecule has 162 valence electrons. The summed E-state index contributed by atoms with van der Waals surface area (Å²) in [6, 6.07) is 4.65. The van der Waals surface area contributed by atoms with Crippen molar-refractivity contribution in [3.63, 3.8) is 0 Å². The first-order chi connectivity index (χ1) is 13.3. The standard InChI is InChI=1S/C23H40ClO3P/c1-5-9-15-28(16-10-6-2,17-11-7-3,18-12-8-4)27-23(26)21-14-13-20(24)19-22(21)25/h13-14,19,25H,5-12,15-18H2,1-4H3. The number of halogens is 1. The van der Waals surface area contributed by atoms with Crippen LogP contribution in [-0.2, 0) is 4.52 Å². The molecule has 0 atom stereocenters. The van der Waals surface area contributed by atoms with Gasteiger partial charge in [0.1, 0.15) is 0 Å². The van der Waals surface area contributed by atoms with Crippen molar-refractivity contribution in [3.05, 3.63) is 28.8 Å². The first-order valence-electron chi connectivity index (χ1n) is 11.1. The first-order valence-corrected chi connectivity index (χ1v) is 14.4. The van der Waals surface area contributed by atoms with E-state index < -0.39 is 6.83 Å².